The Morgan fingerprint density at radius 3 is 2.50 bits per heavy atom. The molecule has 2 heterocycles. The van der Waals surface area contributed by atoms with Gasteiger partial charge in [0.1, 0.15) is 13.1 Å². The molecule has 1 saturated heterocycles. The van der Waals surface area contributed by atoms with Crippen LogP contribution >= 0.6 is 11.6 Å². The van der Waals surface area contributed by atoms with Crippen LogP contribution < -0.4 is 10.7 Å². The smallest absolute Gasteiger partial charge is 0.295 e. The lowest BCUT2D eigenvalue weighted by Gasteiger charge is -2.39. The number of fused-ring (bicyclic) bond motifs is 2. The zero-order valence-electron chi connectivity index (χ0n) is 18.0. The molecule has 0 atom stereocenters. The second-order valence-corrected chi connectivity index (χ2v) is 9.19. The van der Waals surface area contributed by atoms with Crippen molar-refractivity contribution < 1.29 is 9.39 Å². The molecule has 0 bridgehead atoms. The number of likely N-dealkylation sites (tertiary alicyclic amines) is 1. The van der Waals surface area contributed by atoms with Gasteiger partial charge in [-0.15, -0.1) is 0 Å². The van der Waals surface area contributed by atoms with Crippen LogP contribution in [0.25, 0.3) is 0 Å². The number of amides is 1. The summed E-state index contributed by atoms with van der Waals surface area (Å²) in [6.45, 7) is 1.69. The van der Waals surface area contributed by atoms with Gasteiger partial charge >= 0.3 is 0 Å². The highest BCUT2D eigenvalue weighted by molar-refractivity contribution is 6.31. The van der Waals surface area contributed by atoms with E-state index in [2.05, 4.69) is 36.0 Å². The van der Waals surface area contributed by atoms with E-state index in [9.17, 15) is 4.79 Å². The largest absolute Gasteiger partial charge is 0.353 e. The maximum Gasteiger partial charge on any atom is 0.295 e. The molecular formula is C26H26ClN4O+. The molecule has 162 valence electrons. The number of hydrogen-bond acceptors (Lipinski definition) is 3. The van der Waals surface area contributed by atoms with Crippen LogP contribution in [0.4, 0.5) is 17.1 Å². The highest BCUT2D eigenvalue weighted by atomic mass is 35.5. The number of rotatable bonds is 3. The maximum atomic E-state index is 12.7. The number of nitrogens with zero attached hydrogens (tertiary/aromatic N) is 2. The summed E-state index contributed by atoms with van der Waals surface area (Å²) in [5.41, 5.74) is 9.02. The van der Waals surface area contributed by atoms with Crippen molar-refractivity contribution in [3.05, 3.63) is 88.9 Å². The Balaban J connectivity index is 1.39. The Morgan fingerprint density at radius 2 is 1.72 bits per heavy atom. The molecule has 2 N–H and O–H groups in total. The van der Waals surface area contributed by atoms with Gasteiger partial charge < -0.3 is 5.32 Å². The van der Waals surface area contributed by atoms with E-state index in [4.69, 9.17) is 16.6 Å². The molecule has 0 aliphatic carbocycles. The van der Waals surface area contributed by atoms with Crippen molar-refractivity contribution in [1.82, 2.24) is 5.43 Å². The molecule has 1 amide bonds. The fourth-order valence-corrected chi connectivity index (χ4v) is 4.75. The number of aliphatic imine (C=N–C) groups is 1. The lowest BCUT2D eigenvalue weighted by Crippen LogP contribution is -2.61. The third-order valence-electron chi connectivity index (χ3n) is 6.41. The molecule has 3 aromatic carbocycles. The average Bonchev–Trinajstić information content (AvgIpc) is 2.96. The van der Waals surface area contributed by atoms with Crippen molar-refractivity contribution in [2.75, 3.05) is 25.5 Å². The summed E-state index contributed by atoms with van der Waals surface area (Å²) in [6, 6.07) is 23.5. The Bertz CT molecular complexity index is 1180. The minimum absolute atomic E-state index is 0.0310. The molecule has 0 saturated carbocycles. The van der Waals surface area contributed by atoms with E-state index in [1.54, 1.807) is 0 Å². The quantitative estimate of drug-likeness (QED) is 0.506. The van der Waals surface area contributed by atoms with E-state index >= 15 is 0 Å². The van der Waals surface area contributed by atoms with E-state index in [0.29, 0.717) is 21.1 Å². The first-order chi connectivity index (χ1) is 15.5. The second kappa shape index (κ2) is 8.41. The number of carbonyl (C=O) groups excluding carboxylic acids is 1. The summed E-state index contributed by atoms with van der Waals surface area (Å²) < 4.78 is 0.528. The van der Waals surface area contributed by atoms with Gasteiger partial charge in [0.15, 0.2) is 0 Å². The zero-order valence-corrected chi connectivity index (χ0v) is 18.8. The summed E-state index contributed by atoms with van der Waals surface area (Å²) in [7, 11) is 2.09. The number of para-hydroxylation sites is 1. The molecule has 6 heteroatoms. The molecule has 0 aromatic heterocycles. The van der Waals surface area contributed by atoms with Gasteiger partial charge in [-0.3, -0.25) is 9.79 Å². The zero-order chi connectivity index (χ0) is 22.1. The summed E-state index contributed by atoms with van der Waals surface area (Å²) in [6.07, 6.45) is 1.88. The first-order valence-corrected chi connectivity index (χ1v) is 11.4. The van der Waals surface area contributed by atoms with Crippen LogP contribution in [0, 0.1) is 5.92 Å². The molecular weight excluding hydrogens is 420 g/mol. The van der Waals surface area contributed by atoms with Gasteiger partial charge in [0.05, 0.1) is 24.1 Å². The molecule has 2 aliphatic rings. The van der Waals surface area contributed by atoms with Crippen molar-refractivity contribution in [1.29, 1.82) is 0 Å². The lowest BCUT2D eigenvalue weighted by atomic mass is 9.87. The van der Waals surface area contributed by atoms with Crippen LogP contribution in [0.1, 0.15) is 28.8 Å². The van der Waals surface area contributed by atoms with E-state index < -0.39 is 0 Å². The summed E-state index contributed by atoms with van der Waals surface area (Å²) >= 11 is 6.27. The average molecular weight is 446 g/mol. The molecule has 5 rings (SSSR count). The SMILES string of the molecule is C[N+]1(NC(=O)c2ccccc2)CCC(C2=Nc3cc(Cl)ccc3Nc3ccccc32)CC1. The summed E-state index contributed by atoms with van der Waals surface area (Å²) in [4.78, 5) is 17.8. The van der Waals surface area contributed by atoms with Gasteiger partial charge in [0, 0.05) is 40.6 Å². The molecule has 1 fully saturated rings. The van der Waals surface area contributed by atoms with Crippen LogP contribution in [-0.4, -0.2) is 36.3 Å². The van der Waals surface area contributed by atoms with Gasteiger partial charge in [-0.2, -0.15) is 5.43 Å². The molecule has 0 radical (unpaired) electrons. The first-order valence-electron chi connectivity index (χ1n) is 11.0. The predicted octanol–water partition coefficient (Wildman–Crippen LogP) is 5.72. The number of anilines is 2. The van der Waals surface area contributed by atoms with E-state index in [-0.39, 0.29) is 5.91 Å². The summed E-state index contributed by atoms with van der Waals surface area (Å²) in [5, 5.41) is 4.20. The van der Waals surface area contributed by atoms with E-state index in [1.807, 2.05) is 54.6 Å². The van der Waals surface area contributed by atoms with Crippen molar-refractivity contribution >= 4 is 40.3 Å². The molecule has 5 nitrogen and oxygen atoms in total. The van der Waals surface area contributed by atoms with Crippen molar-refractivity contribution in [3.8, 4) is 0 Å². The minimum atomic E-state index is -0.0310. The Morgan fingerprint density at radius 1 is 1.00 bits per heavy atom. The van der Waals surface area contributed by atoms with Crippen molar-refractivity contribution in [2.24, 2.45) is 10.9 Å². The van der Waals surface area contributed by atoms with Crippen LogP contribution in [-0.2, 0) is 0 Å². The van der Waals surface area contributed by atoms with Gasteiger partial charge in [0.2, 0.25) is 0 Å². The van der Waals surface area contributed by atoms with Crippen LogP contribution in [0.5, 0.6) is 0 Å². The third kappa shape index (κ3) is 4.14. The van der Waals surface area contributed by atoms with Crippen molar-refractivity contribution in [2.45, 2.75) is 12.8 Å². The summed E-state index contributed by atoms with van der Waals surface area (Å²) in [5.74, 6) is 0.277. The second-order valence-electron chi connectivity index (χ2n) is 8.75. The fourth-order valence-electron chi connectivity index (χ4n) is 4.59. The van der Waals surface area contributed by atoms with Crippen LogP contribution in [0.15, 0.2) is 77.8 Å². The van der Waals surface area contributed by atoms with Crippen LogP contribution in [0.2, 0.25) is 5.02 Å². The van der Waals surface area contributed by atoms with Crippen molar-refractivity contribution in [3.63, 3.8) is 0 Å². The topological polar surface area (TPSA) is 53.5 Å². The van der Waals surface area contributed by atoms with Crippen LogP contribution in [0.3, 0.4) is 0 Å². The first kappa shape index (κ1) is 20.7. The molecule has 32 heavy (non-hydrogen) atoms. The molecule has 0 spiro atoms. The standard InChI is InChI=1S/C26H25ClN4O/c1-31(30-26(32)19-7-3-2-4-8-19)15-13-18(14-16-31)25-21-9-5-6-10-22(21)28-23-12-11-20(27)17-24(23)29-25/h2-12,17-18H,13-16H2,1H3,(H-,28,29,30,32)/p+1. The Kier molecular flexibility index (Phi) is 5.45. The van der Waals surface area contributed by atoms with Gasteiger partial charge in [0.25, 0.3) is 5.91 Å². The highest BCUT2D eigenvalue weighted by Crippen LogP contribution is 2.38. The number of benzene rings is 3. The van der Waals surface area contributed by atoms with Gasteiger partial charge in [-0.1, -0.05) is 48.0 Å². The Hall–Kier alpha value is -3.15. The number of halogens is 1. The van der Waals surface area contributed by atoms with E-state index in [0.717, 1.165) is 54.3 Å². The van der Waals surface area contributed by atoms with Gasteiger partial charge in [-0.05, 0) is 36.4 Å². The lowest BCUT2D eigenvalue weighted by molar-refractivity contribution is -0.947. The molecule has 3 aromatic rings. The third-order valence-corrected chi connectivity index (χ3v) is 6.64. The predicted molar refractivity (Wildman–Crippen MR) is 130 cm³/mol. The van der Waals surface area contributed by atoms with E-state index in [1.165, 1.54) is 0 Å². The number of carbonyl (C=O) groups is 1. The molecule has 2 aliphatic heterocycles. The fraction of sp³-hybridized carbons (Fsp3) is 0.231. The molecule has 0 unspecified atom stereocenters. The number of piperidine rings is 1. The number of hydrogen-bond donors (Lipinski definition) is 2. The highest BCUT2D eigenvalue weighted by Gasteiger charge is 2.35. The number of nitrogens with one attached hydrogen (secondary N) is 2. The monoisotopic (exact) mass is 445 g/mol. The van der Waals surface area contributed by atoms with Gasteiger partial charge in [-0.25, -0.2) is 4.59 Å². The number of quaternary nitrogens is 1. The minimum Gasteiger partial charge on any atom is -0.353 e. The maximum absolute atomic E-state index is 12.7. The Labute approximate surface area is 193 Å². The normalized spacial score (nSPS) is 21.9.